The Kier molecular flexibility index (Phi) is 12.0. The molecule has 0 saturated carbocycles. The van der Waals surface area contributed by atoms with Crippen molar-refractivity contribution in [1.82, 2.24) is 25.6 Å². The fourth-order valence-corrected chi connectivity index (χ4v) is 5.01. The summed E-state index contributed by atoms with van der Waals surface area (Å²) in [6.45, 7) is 3.49. The van der Waals surface area contributed by atoms with Gasteiger partial charge >= 0.3 is 17.9 Å². The lowest BCUT2D eigenvalue weighted by Gasteiger charge is -2.43. The number of hydrogen-bond acceptors (Lipinski definition) is 14. The van der Waals surface area contributed by atoms with Gasteiger partial charge in [-0.1, -0.05) is 18.1 Å². The molecule has 0 bridgehead atoms. The highest BCUT2D eigenvalue weighted by molar-refractivity contribution is 6.38. The maximum atomic E-state index is 13.4. The summed E-state index contributed by atoms with van der Waals surface area (Å²) in [4.78, 5) is 85.8. The van der Waals surface area contributed by atoms with Gasteiger partial charge in [-0.2, -0.15) is 0 Å². The van der Waals surface area contributed by atoms with E-state index in [9.17, 15) is 33.6 Å². The van der Waals surface area contributed by atoms with Gasteiger partial charge in [-0.3, -0.25) is 33.6 Å². The second-order valence-corrected chi connectivity index (χ2v) is 10.3. The number of carbonyl (C=O) groups is 7. The smallest absolute Gasteiger partial charge is 0.305 e. The summed E-state index contributed by atoms with van der Waals surface area (Å²) in [7, 11) is 1.50. The first-order valence-corrected chi connectivity index (χ1v) is 14.1. The zero-order chi connectivity index (χ0) is 32.6. The van der Waals surface area contributed by atoms with E-state index < -0.39 is 78.7 Å². The van der Waals surface area contributed by atoms with Crippen LogP contribution in [0.3, 0.4) is 0 Å². The number of rotatable bonds is 11. The third-order valence-electron chi connectivity index (χ3n) is 6.91. The Labute approximate surface area is 252 Å². The number of Topliss-reactive ketones (excluding diaryl/α,β-unsaturated/α-hetero) is 2. The third kappa shape index (κ3) is 8.89. The van der Waals surface area contributed by atoms with Crippen LogP contribution in [0.2, 0.25) is 0 Å². The molecule has 0 spiro atoms. The van der Waals surface area contributed by atoms with Crippen LogP contribution in [-0.4, -0.2) is 101 Å². The molecule has 6 unspecified atom stereocenters. The summed E-state index contributed by atoms with van der Waals surface area (Å²) in [5.41, 5.74) is 1.12. The normalized spacial score (nSPS) is 24.8. The largest absolute Gasteiger partial charge is 0.456 e. The van der Waals surface area contributed by atoms with Crippen LogP contribution in [0.25, 0.3) is 0 Å². The minimum absolute atomic E-state index is 0.179. The Hall–Kier alpha value is -4.25. The lowest BCUT2D eigenvalue weighted by molar-refractivity contribution is -0.259. The molecule has 1 aliphatic carbocycles. The number of amides is 2. The first kappa shape index (κ1) is 34.2. The van der Waals surface area contributed by atoms with E-state index in [0.29, 0.717) is 24.2 Å². The molecule has 1 aromatic heterocycles. The number of fused-ring (bicyclic) bond motifs is 1. The van der Waals surface area contributed by atoms with Crippen LogP contribution in [0.1, 0.15) is 70.9 Å². The van der Waals surface area contributed by atoms with Gasteiger partial charge in [0.25, 0.3) is 0 Å². The third-order valence-corrected chi connectivity index (χ3v) is 6.91. The van der Waals surface area contributed by atoms with Crippen molar-refractivity contribution in [2.45, 2.75) is 103 Å². The Bertz CT molecular complexity index is 1280. The Morgan fingerprint density at radius 1 is 0.886 bits per heavy atom. The number of nitrogens with one attached hydrogen (secondary N) is 2. The van der Waals surface area contributed by atoms with E-state index in [0.717, 1.165) is 47.0 Å². The van der Waals surface area contributed by atoms with Crippen LogP contribution >= 0.6 is 0 Å². The first-order valence-electron chi connectivity index (χ1n) is 14.1. The van der Waals surface area contributed by atoms with Crippen molar-refractivity contribution in [3.05, 3.63) is 11.4 Å². The van der Waals surface area contributed by atoms with Gasteiger partial charge in [0.15, 0.2) is 24.1 Å². The summed E-state index contributed by atoms with van der Waals surface area (Å²) in [6, 6.07) is -1.48. The second kappa shape index (κ2) is 15.5. The van der Waals surface area contributed by atoms with E-state index in [1.807, 2.05) is 0 Å². The Morgan fingerprint density at radius 3 is 2.16 bits per heavy atom. The number of carbonyl (C=O) groups excluding carboxylic acids is 7. The lowest BCUT2D eigenvalue weighted by Crippen LogP contribution is -2.68. The molecule has 44 heavy (non-hydrogen) atoms. The SMILES string of the molecule is CNC(=O)COC1CCCCCc2c1nnn2CC(=O)NC1C(OC(C)=O)OC(C(=O)C(C)=O)C(OC(C)=O)C1OC(C)=O. The molecular weight excluding hydrogens is 586 g/mol. The maximum absolute atomic E-state index is 13.4. The Morgan fingerprint density at radius 2 is 1.55 bits per heavy atom. The van der Waals surface area contributed by atoms with E-state index in [-0.39, 0.29) is 12.5 Å². The maximum Gasteiger partial charge on any atom is 0.305 e. The Balaban J connectivity index is 1.92. The second-order valence-electron chi connectivity index (χ2n) is 10.3. The van der Waals surface area contributed by atoms with E-state index >= 15 is 0 Å². The van der Waals surface area contributed by atoms with Gasteiger partial charge in [0.1, 0.15) is 31.0 Å². The predicted molar refractivity (Wildman–Crippen MR) is 144 cm³/mol. The molecule has 2 amide bonds. The highest BCUT2D eigenvalue weighted by Gasteiger charge is 2.54. The number of nitrogens with zero attached hydrogens (tertiary/aromatic N) is 3. The minimum atomic E-state index is -1.81. The van der Waals surface area contributed by atoms with Gasteiger partial charge in [-0.05, 0) is 19.3 Å². The summed E-state index contributed by atoms with van der Waals surface area (Å²) >= 11 is 0. The van der Waals surface area contributed by atoms with E-state index in [4.69, 9.17) is 23.7 Å². The molecule has 6 atom stereocenters. The zero-order valence-corrected chi connectivity index (χ0v) is 25.2. The number of ether oxygens (including phenoxy) is 5. The standard InChI is InChI=1S/C27H37N5O12/c1-13(33)23(39)25-26(42-15(3)35)24(41-14(2)34)22(27(44-25)43-16(4)36)29-19(37)11-32-17-9-7-6-8-10-18(21(17)30-31-32)40-12-20(38)28-5/h18,22,24-27H,6-12H2,1-5H3,(H,28,38)(H,29,37). The van der Waals surface area contributed by atoms with Crippen molar-refractivity contribution in [1.29, 1.82) is 0 Å². The number of esters is 3. The average molecular weight is 624 g/mol. The van der Waals surface area contributed by atoms with Crippen LogP contribution in [0.15, 0.2) is 0 Å². The van der Waals surface area contributed by atoms with Gasteiger partial charge < -0.3 is 34.3 Å². The van der Waals surface area contributed by atoms with Crippen LogP contribution < -0.4 is 10.6 Å². The number of ketones is 2. The van der Waals surface area contributed by atoms with Crippen molar-refractivity contribution in [3.63, 3.8) is 0 Å². The van der Waals surface area contributed by atoms with Crippen LogP contribution in [0.5, 0.6) is 0 Å². The molecule has 2 heterocycles. The molecule has 2 N–H and O–H groups in total. The number of aromatic nitrogens is 3. The molecule has 1 saturated heterocycles. The average Bonchev–Trinajstić information content (AvgIpc) is 3.30. The molecule has 0 radical (unpaired) electrons. The summed E-state index contributed by atoms with van der Waals surface area (Å²) < 4.78 is 28.6. The molecule has 1 aliphatic heterocycles. The van der Waals surface area contributed by atoms with Crippen molar-refractivity contribution in [2.24, 2.45) is 0 Å². The van der Waals surface area contributed by atoms with Gasteiger partial charge in [0.05, 0.1) is 5.69 Å². The first-order chi connectivity index (χ1) is 20.8. The van der Waals surface area contributed by atoms with Gasteiger partial charge in [-0.15, -0.1) is 5.10 Å². The molecular formula is C27H37N5O12. The molecule has 242 valence electrons. The summed E-state index contributed by atoms with van der Waals surface area (Å²) in [5.74, 6) is -5.78. The van der Waals surface area contributed by atoms with Gasteiger partial charge in [-0.25, -0.2) is 4.68 Å². The fraction of sp³-hybridized carbons (Fsp3) is 0.667. The van der Waals surface area contributed by atoms with E-state index in [2.05, 4.69) is 20.9 Å². The molecule has 17 heteroatoms. The highest BCUT2D eigenvalue weighted by Crippen LogP contribution is 2.30. The topological polar surface area (TPSA) is 220 Å². The van der Waals surface area contributed by atoms with Gasteiger partial charge in [0.2, 0.25) is 23.9 Å². The molecule has 2 aliphatic rings. The molecule has 0 aromatic carbocycles. The summed E-state index contributed by atoms with van der Waals surface area (Å²) in [6.07, 6.45) is -3.69. The highest BCUT2D eigenvalue weighted by atomic mass is 16.7. The lowest BCUT2D eigenvalue weighted by atomic mass is 9.92. The molecule has 1 aromatic rings. The predicted octanol–water partition coefficient (Wildman–Crippen LogP) is -1.01. The monoisotopic (exact) mass is 623 g/mol. The minimum Gasteiger partial charge on any atom is -0.456 e. The number of likely N-dealkylation sites (N-methyl/N-ethyl adjacent to an activating group) is 1. The number of hydrogen-bond donors (Lipinski definition) is 2. The summed E-state index contributed by atoms with van der Waals surface area (Å²) in [5, 5.41) is 13.4. The van der Waals surface area contributed by atoms with Crippen molar-refractivity contribution >= 4 is 41.3 Å². The quantitative estimate of drug-likeness (QED) is 0.171. The zero-order valence-electron chi connectivity index (χ0n) is 25.2. The van der Waals surface area contributed by atoms with Crippen molar-refractivity contribution in [2.75, 3.05) is 13.7 Å². The molecule has 1 fully saturated rings. The van der Waals surface area contributed by atoms with Crippen LogP contribution in [0.4, 0.5) is 0 Å². The van der Waals surface area contributed by atoms with Crippen LogP contribution in [-0.2, 0) is 70.2 Å². The van der Waals surface area contributed by atoms with Crippen LogP contribution in [0, 0.1) is 0 Å². The van der Waals surface area contributed by atoms with E-state index in [1.54, 1.807) is 0 Å². The fourth-order valence-electron chi connectivity index (χ4n) is 5.01. The molecule has 3 rings (SSSR count). The molecule has 17 nitrogen and oxygen atoms in total. The van der Waals surface area contributed by atoms with Gasteiger partial charge in [0, 0.05) is 34.7 Å². The van der Waals surface area contributed by atoms with Crippen molar-refractivity contribution < 1.29 is 57.2 Å². The van der Waals surface area contributed by atoms with Crippen molar-refractivity contribution in [3.8, 4) is 0 Å². The van der Waals surface area contributed by atoms with E-state index in [1.165, 1.54) is 11.7 Å².